The molecule has 0 spiro atoms. The number of hydrogen-bond acceptors (Lipinski definition) is 2. The van der Waals surface area contributed by atoms with Gasteiger partial charge in [-0.3, -0.25) is 0 Å². The fourth-order valence-electron chi connectivity index (χ4n) is 2.73. The van der Waals surface area contributed by atoms with Gasteiger partial charge in [-0.05, 0) is 58.5 Å². The zero-order chi connectivity index (χ0) is 10.8. The maximum Gasteiger partial charge on any atom is 0.0608 e. The van der Waals surface area contributed by atoms with Crippen molar-refractivity contribution < 1.29 is 4.74 Å². The Balaban J connectivity index is 1.66. The van der Waals surface area contributed by atoms with E-state index in [-0.39, 0.29) is 0 Å². The zero-order valence-corrected chi connectivity index (χ0v) is 10.4. The van der Waals surface area contributed by atoms with Crippen molar-refractivity contribution in [1.82, 2.24) is 4.90 Å². The molecule has 0 N–H and O–H groups in total. The summed E-state index contributed by atoms with van der Waals surface area (Å²) < 4.78 is 5.80. The molecule has 1 saturated heterocycles. The molecule has 1 aliphatic carbocycles. The Morgan fingerprint density at radius 2 is 1.73 bits per heavy atom. The second-order valence-electron chi connectivity index (χ2n) is 5.65. The normalized spacial score (nSPS) is 34.4. The number of likely N-dealkylation sites (tertiary alicyclic amines) is 1. The van der Waals surface area contributed by atoms with Crippen molar-refractivity contribution in [2.24, 2.45) is 5.92 Å². The number of nitrogens with zero attached hydrogens (tertiary/aromatic N) is 1. The van der Waals surface area contributed by atoms with Gasteiger partial charge in [-0.25, -0.2) is 0 Å². The summed E-state index contributed by atoms with van der Waals surface area (Å²) in [6, 6.07) is 0.834. The first-order chi connectivity index (χ1) is 7.15. The average molecular weight is 211 g/mol. The van der Waals surface area contributed by atoms with E-state index in [4.69, 9.17) is 4.74 Å². The second kappa shape index (κ2) is 4.84. The predicted molar refractivity (Wildman–Crippen MR) is 63.0 cm³/mol. The molecule has 0 amide bonds. The minimum absolute atomic E-state index is 0.400. The molecule has 1 aliphatic heterocycles. The van der Waals surface area contributed by atoms with Crippen LogP contribution in [0.15, 0.2) is 0 Å². The van der Waals surface area contributed by atoms with E-state index >= 15 is 0 Å². The molecule has 0 bridgehead atoms. The molecule has 2 heteroatoms. The summed E-state index contributed by atoms with van der Waals surface area (Å²) >= 11 is 0. The molecule has 0 atom stereocenters. The van der Waals surface area contributed by atoms with Crippen molar-refractivity contribution in [3.05, 3.63) is 0 Å². The third-order valence-corrected chi connectivity index (χ3v) is 3.87. The molecule has 1 saturated carbocycles. The highest BCUT2D eigenvalue weighted by molar-refractivity contribution is 4.90. The van der Waals surface area contributed by atoms with Gasteiger partial charge in [0, 0.05) is 6.04 Å². The van der Waals surface area contributed by atoms with Gasteiger partial charge in [-0.2, -0.15) is 0 Å². The van der Waals surface area contributed by atoms with E-state index in [1.807, 2.05) is 0 Å². The van der Waals surface area contributed by atoms with Gasteiger partial charge in [0.1, 0.15) is 0 Å². The van der Waals surface area contributed by atoms with Crippen LogP contribution in [0.4, 0.5) is 0 Å². The van der Waals surface area contributed by atoms with Gasteiger partial charge in [0.15, 0.2) is 0 Å². The van der Waals surface area contributed by atoms with Gasteiger partial charge in [0.05, 0.1) is 12.2 Å². The van der Waals surface area contributed by atoms with Crippen LogP contribution < -0.4 is 0 Å². The lowest BCUT2D eigenvalue weighted by molar-refractivity contribution is -0.0810. The SMILES string of the molecule is CC1CCN(C2CC(OC(C)C)C2)CC1. The molecule has 2 fully saturated rings. The fourth-order valence-corrected chi connectivity index (χ4v) is 2.73. The lowest BCUT2D eigenvalue weighted by Gasteiger charge is -2.45. The fraction of sp³-hybridized carbons (Fsp3) is 1.00. The molecule has 88 valence electrons. The van der Waals surface area contributed by atoms with E-state index in [1.165, 1.54) is 38.8 Å². The molecule has 2 rings (SSSR count). The zero-order valence-electron chi connectivity index (χ0n) is 10.4. The molecule has 0 aromatic rings. The number of rotatable bonds is 3. The molecule has 0 unspecified atom stereocenters. The minimum Gasteiger partial charge on any atom is -0.375 e. The maximum absolute atomic E-state index is 5.80. The molecule has 0 radical (unpaired) electrons. The Morgan fingerprint density at radius 3 is 2.27 bits per heavy atom. The van der Waals surface area contributed by atoms with E-state index in [0.717, 1.165) is 12.0 Å². The minimum atomic E-state index is 0.400. The lowest BCUT2D eigenvalue weighted by atomic mass is 9.85. The van der Waals surface area contributed by atoms with Crippen molar-refractivity contribution in [3.63, 3.8) is 0 Å². The van der Waals surface area contributed by atoms with Gasteiger partial charge in [-0.1, -0.05) is 6.92 Å². The van der Waals surface area contributed by atoms with Crippen LogP contribution in [0.25, 0.3) is 0 Å². The topological polar surface area (TPSA) is 12.5 Å². The standard InChI is InChI=1S/C13H25NO/c1-10(2)15-13-8-12(9-13)14-6-4-11(3)5-7-14/h10-13H,4-9H2,1-3H3. The summed E-state index contributed by atoms with van der Waals surface area (Å²) in [7, 11) is 0. The number of piperidine rings is 1. The molecule has 2 nitrogen and oxygen atoms in total. The Kier molecular flexibility index (Phi) is 3.68. The Hall–Kier alpha value is -0.0800. The highest BCUT2D eigenvalue weighted by Crippen LogP contribution is 2.31. The quantitative estimate of drug-likeness (QED) is 0.711. The van der Waals surface area contributed by atoms with Gasteiger partial charge >= 0.3 is 0 Å². The van der Waals surface area contributed by atoms with Crippen molar-refractivity contribution in [2.45, 2.75) is 64.7 Å². The van der Waals surface area contributed by atoms with E-state index in [9.17, 15) is 0 Å². The summed E-state index contributed by atoms with van der Waals surface area (Å²) in [5.74, 6) is 0.948. The smallest absolute Gasteiger partial charge is 0.0608 e. The van der Waals surface area contributed by atoms with Crippen LogP contribution in [-0.4, -0.2) is 36.2 Å². The van der Waals surface area contributed by atoms with E-state index in [0.29, 0.717) is 12.2 Å². The average Bonchev–Trinajstić information content (AvgIpc) is 2.12. The first-order valence-corrected chi connectivity index (χ1v) is 6.54. The van der Waals surface area contributed by atoms with Crippen molar-refractivity contribution >= 4 is 0 Å². The third kappa shape index (κ3) is 2.94. The molecule has 2 aliphatic rings. The molecule has 1 heterocycles. The monoisotopic (exact) mass is 211 g/mol. The second-order valence-corrected chi connectivity index (χ2v) is 5.65. The summed E-state index contributed by atoms with van der Waals surface area (Å²) in [6.07, 6.45) is 6.28. The number of ether oxygens (including phenoxy) is 1. The van der Waals surface area contributed by atoms with Crippen LogP contribution in [0.5, 0.6) is 0 Å². The predicted octanol–water partition coefficient (Wildman–Crippen LogP) is 2.67. The first kappa shape index (κ1) is 11.4. The summed E-state index contributed by atoms with van der Waals surface area (Å²) in [5.41, 5.74) is 0. The van der Waals surface area contributed by atoms with E-state index in [2.05, 4.69) is 25.7 Å². The van der Waals surface area contributed by atoms with Gasteiger partial charge < -0.3 is 9.64 Å². The van der Waals surface area contributed by atoms with Crippen molar-refractivity contribution in [2.75, 3.05) is 13.1 Å². The summed E-state index contributed by atoms with van der Waals surface area (Å²) in [5, 5.41) is 0. The lowest BCUT2D eigenvalue weighted by Crippen LogP contribution is -2.51. The molecule has 0 aromatic heterocycles. The Morgan fingerprint density at radius 1 is 1.13 bits per heavy atom. The highest BCUT2D eigenvalue weighted by atomic mass is 16.5. The van der Waals surface area contributed by atoms with Gasteiger partial charge in [-0.15, -0.1) is 0 Å². The van der Waals surface area contributed by atoms with Crippen LogP contribution in [0.1, 0.15) is 46.5 Å². The van der Waals surface area contributed by atoms with Crippen LogP contribution in [0.3, 0.4) is 0 Å². The first-order valence-electron chi connectivity index (χ1n) is 6.54. The third-order valence-electron chi connectivity index (χ3n) is 3.87. The van der Waals surface area contributed by atoms with E-state index < -0.39 is 0 Å². The Labute approximate surface area is 94.0 Å². The molecular weight excluding hydrogens is 186 g/mol. The Bertz CT molecular complexity index is 191. The van der Waals surface area contributed by atoms with Crippen LogP contribution in [0.2, 0.25) is 0 Å². The van der Waals surface area contributed by atoms with Crippen LogP contribution >= 0.6 is 0 Å². The largest absolute Gasteiger partial charge is 0.375 e. The van der Waals surface area contributed by atoms with Gasteiger partial charge in [0.2, 0.25) is 0 Å². The van der Waals surface area contributed by atoms with Crippen LogP contribution in [0, 0.1) is 5.92 Å². The summed E-state index contributed by atoms with van der Waals surface area (Å²) in [4.78, 5) is 2.68. The van der Waals surface area contributed by atoms with Crippen LogP contribution in [-0.2, 0) is 4.74 Å². The van der Waals surface area contributed by atoms with Gasteiger partial charge in [0.25, 0.3) is 0 Å². The molecule has 15 heavy (non-hydrogen) atoms. The van der Waals surface area contributed by atoms with Crippen molar-refractivity contribution in [3.8, 4) is 0 Å². The summed E-state index contributed by atoms with van der Waals surface area (Å²) in [6.45, 7) is 9.29. The van der Waals surface area contributed by atoms with Crippen molar-refractivity contribution in [1.29, 1.82) is 0 Å². The number of hydrogen-bond donors (Lipinski definition) is 0. The molecule has 0 aromatic carbocycles. The maximum atomic E-state index is 5.80. The highest BCUT2D eigenvalue weighted by Gasteiger charge is 2.35. The van der Waals surface area contributed by atoms with E-state index in [1.54, 1.807) is 0 Å². The molecular formula is C13H25NO.